The number of halogens is 1. The van der Waals surface area contributed by atoms with Gasteiger partial charge in [0.1, 0.15) is 5.82 Å². The lowest BCUT2D eigenvalue weighted by atomic mass is 9.99. The maximum atomic E-state index is 13.2. The fourth-order valence-corrected chi connectivity index (χ4v) is 2.43. The summed E-state index contributed by atoms with van der Waals surface area (Å²) in [6.45, 7) is 6.96. The molecule has 0 aliphatic rings. The molecule has 1 aromatic carbocycles. The summed E-state index contributed by atoms with van der Waals surface area (Å²) in [6.07, 6.45) is 10.0. The highest BCUT2D eigenvalue weighted by Gasteiger charge is 2.09. The Morgan fingerprint density at radius 3 is 2.85 bits per heavy atom. The Balaban J connectivity index is 2.40. The SMILES string of the molecule is C=CCCCCCC(Cc1cccc(F)c1)NCCC. The largest absolute Gasteiger partial charge is 0.314 e. The van der Waals surface area contributed by atoms with E-state index in [1.807, 2.05) is 12.1 Å². The van der Waals surface area contributed by atoms with Crippen LogP contribution in [0.25, 0.3) is 0 Å². The van der Waals surface area contributed by atoms with Gasteiger partial charge in [0.2, 0.25) is 0 Å². The molecule has 0 saturated heterocycles. The molecule has 2 heteroatoms. The van der Waals surface area contributed by atoms with E-state index in [0.717, 1.165) is 37.8 Å². The third-order valence-electron chi connectivity index (χ3n) is 3.51. The van der Waals surface area contributed by atoms with Crippen LogP contribution in [0.3, 0.4) is 0 Å². The zero-order chi connectivity index (χ0) is 14.6. The Labute approximate surface area is 123 Å². The van der Waals surface area contributed by atoms with E-state index in [1.54, 1.807) is 12.1 Å². The average Bonchev–Trinajstić information content (AvgIpc) is 2.44. The Bertz CT molecular complexity index is 375. The second kappa shape index (κ2) is 10.6. The molecule has 20 heavy (non-hydrogen) atoms. The molecule has 0 aromatic heterocycles. The van der Waals surface area contributed by atoms with Crippen molar-refractivity contribution >= 4 is 0 Å². The molecular weight excluding hydrogens is 249 g/mol. The number of hydrogen-bond donors (Lipinski definition) is 1. The molecule has 0 radical (unpaired) electrons. The Kier molecular flexibility index (Phi) is 8.97. The minimum Gasteiger partial charge on any atom is -0.314 e. The van der Waals surface area contributed by atoms with E-state index in [9.17, 15) is 4.39 Å². The van der Waals surface area contributed by atoms with Crippen molar-refractivity contribution in [1.29, 1.82) is 0 Å². The van der Waals surface area contributed by atoms with Crippen LogP contribution >= 0.6 is 0 Å². The van der Waals surface area contributed by atoms with Crippen molar-refractivity contribution in [2.45, 2.75) is 57.9 Å². The standard InChI is InChI=1S/C18H28FN/c1-3-5-6-7-8-12-18(20-13-4-2)15-16-10-9-11-17(19)14-16/h3,9-11,14,18,20H,1,4-8,12-13,15H2,2H3. The molecule has 0 heterocycles. The van der Waals surface area contributed by atoms with E-state index in [0.29, 0.717) is 6.04 Å². The molecule has 0 aliphatic carbocycles. The fourth-order valence-electron chi connectivity index (χ4n) is 2.43. The van der Waals surface area contributed by atoms with Gasteiger partial charge in [-0.2, -0.15) is 0 Å². The van der Waals surface area contributed by atoms with Crippen molar-refractivity contribution in [1.82, 2.24) is 5.32 Å². The van der Waals surface area contributed by atoms with Gasteiger partial charge in [-0.15, -0.1) is 6.58 Å². The fraction of sp³-hybridized carbons (Fsp3) is 0.556. The lowest BCUT2D eigenvalue weighted by Crippen LogP contribution is -2.31. The summed E-state index contributed by atoms with van der Waals surface area (Å²) in [5, 5.41) is 3.59. The van der Waals surface area contributed by atoms with Gasteiger partial charge in [0, 0.05) is 6.04 Å². The number of unbranched alkanes of at least 4 members (excludes halogenated alkanes) is 3. The van der Waals surface area contributed by atoms with Gasteiger partial charge in [-0.25, -0.2) is 4.39 Å². The van der Waals surface area contributed by atoms with Crippen LogP contribution in [0.15, 0.2) is 36.9 Å². The van der Waals surface area contributed by atoms with E-state index in [-0.39, 0.29) is 5.82 Å². The van der Waals surface area contributed by atoms with Crippen molar-refractivity contribution in [2.24, 2.45) is 0 Å². The summed E-state index contributed by atoms with van der Waals surface area (Å²) >= 11 is 0. The van der Waals surface area contributed by atoms with Gasteiger partial charge in [0.25, 0.3) is 0 Å². The van der Waals surface area contributed by atoms with Gasteiger partial charge in [-0.1, -0.05) is 38.0 Å². The number of benzene rings is 1. The Morgan fingerprint density at radius 2 is 2.15 bits per heavy atom. The molecule has 1 rings (SSSR count). The van der Waals surface area contributed by atoms with Gasteiger partial charge in [-0.05, 0) is 56.3 Å². The van der Waals surface area contributed by atoms with Gasteiger partial charge < -0.3 is 5.32 Å². The maximum absolute atomic E-state index is 13.2. The minimum absolute atomic E-state index is 0.136. The van der Waals surface area contributed by atoms with Crippen LogP contribution in [0.2, 0.25) is 0 Å². The van der Waals surface area contributed by atoms with E-state index < -0.39 is 0 Å². The second-order valence-electron chi connectivity index (χ2n) is 5.41. The highest BCUT2D eigenvalue weighted by atomic mass is 19.1. The van der Waals surface area contributed by atoms with Crippen LogP contribution in [-0.4, -0.2) is 12.6 Å². The summed E-state index contributed by atoms with van der Waals surface area (Å²) in [6, 6.07) is 7.43. The molecular formula is C18H28FN. The van der Waals surface area contributed by atoms with Gasteiger partial charge in [-0.3, -0.25) is 0 Å². The number of hydrogen-bond acceptors (Lipinski definition) is 1. The van der Waals surface area contributed by atoms with E-state index in [2.05, 4.69) is 18.8 Å². The monoisotopic (exact) mass is 277 g/mol. The van der Waals surface area contributed by atoms with Crippen LogP contribution < -0.4 is 5.32 Å². The van der Waals surface area contributed by atoms with Gasteiger partial charge in [0.15, 0.2) is 0 Å². The smallest absolute Gasteiger partial charge is 0.123 e. The number of allylic oxidation sites excluding steroid dienone is 1. The van der Waals surface area contributed by atoms with E-state index >= 15 is 0 Å². The van der Waals surface area contributed by atoms with E-state index in [1.165, 1.54) is 25.3 Å². The molecule has 0 bridgehead atoms. The van der Waals surface area contributed by atoms with Crippen LogP contribution in [0.1, 0.15) is 51.0 Å². The quantitative estimate of drug-likeness (QED) is 0.449. The topological polar surface area (TPSA) is 12.0 Å². The van der Waals surface area contributed by atoms with Crippen molar-refractivity contribution in [3.63, 3.8) is 0 Å². The molecule has 0 spiro atoms. The van der Waals surface area contributed by atoms with Crippen LogP contribution in [0, 0.1) is 5.82 Å². The van der Waals surface area contributed by atoms with Crippen molar-refractivity contribution in [3.05, 3.63) is 48.3 Å². The predicted octanol–water partition coefficient (Wildman–Crippen LogP) is 4.87. The van der Waals surface area contributed by atoms with Crippen LogP contribution in [-0.2, 0) is 6.42 Å². The molecule has 0 amide bonds. The third kappa shape index (κ3) is 7.44. The summed E-state index contributed by atoms with van der Waals surface area (Å²) in [5.74, 6) is -0.136. The zero-order valence-electron chi connectivity index (χ0n) is 12.7. The van der Waals surface area contributed by atoms with Crippen molar-refractivity contribution in [2.75, 3.05) is 6.54 Å². The molecule has 1 atom stereocenters. The average molecular weight is 277 g/mol. The van der Waals surface area contributed by atoms with Crippen molar-refractivity contribution < 1.29 is 4.39 Å². The first kappa shape index (κ1) is 16.9. The first-order valence-electron chi connectivity index (χ1n) is 7.85. The Hall–Kier alpha value is -1.15. The van der Waals surface area contributed by atoms with E-state index in [4.69, 9.17) is 0 Å². The lowest BCUT2D eigenvalue weighted by molar-refractivity contribution is 0.453. The minimum atomic E-state index is -0.136. The molecule has 0 fully saturated rings. The maximum Gasteiger partial charge on any atom is 0.123 e. The summed E-state index contributed by atoms with van der Waals surface area (Å²) < 4.78 is 13.2. The number of rotatable bonds is 11. The van der Waals surface area contributed by atoms with Gasteiger partial charge in [0.05, 0.1) is 0 Å². The molecule has 0 saturated carbocycles. The second-order valence-corrected chi connectivity index (χ2v) is 5.41. The summed E-state index contributed by atoms with van der Waals surface area (Å²) in [4.78, 5) is 0. The predicted molar refractivity (Wildman–Crippen MR) is 85.5 cm³/mol. The molecule has 112 valence electrons. The molecule has 1 nitrogen and oxygen atoms in total. The molecule has 1 unspecified atom stereocenters. The van der Waals surface area contributed by atoms with Crippen LogP contribution in [0.5, 0.6) is 0 Å². The van der Waals surface area contributed by atoms with Crippen molar-refractivity contribution in [3.8, 4) is 0 Å². The normalized spacial score (nSPS) is 12.3. The lowest BCUT2D eigenvalue weighted by Gasteiger charge is -2.18. The van der Waals surface area contributed by atoms with Gasteiger partial charge >= 0.3 is 0 Å². The Morgan fingerprint density at radius 1 is 1.30 bits per heavy atom. The third-order valence-corrected chi connectivity index (χ3v) is 3.51. The molecule has 0 aliphatic heterocycles. The first-order chi connectivity index (χ1) is 9.76. The van der Waals surface area contributed by atoms with Crippen LogP contribution in [0.4, 0.5) is 4.39 Å². The molecule has 1 N–H and O–H groups in total. The zero-order valence-corrected chi connectivity index (χ0v) is 12.7. The highest BCUT2D eigenvalue weighted by Crippen LogP contribution is 2.12. The highest BCUT2D eigenvalue weighted by molar-refractivity contribution is 5.17. The summed E-state index contributed by atoms with van der Waals surface area (Å²) in [7, 11) is 0. The summed E-state index contributed by atoms with van der Waals surface area (Å²) in [5.41, 5.74) is 1.09. The molecule has 1 aromatic rings. The first-order valence-corrected chi connectivity index (χ1v) is 7.85. The number of nitrogens with one attached hydrogen (secondary N) is 1.